The number of pyridine rings is 1. The van der Waals surface area contributed by atoms with Crippen LogP contribution in [0, 0.1) is 13.8 Å². The van der Waals surface area contributed by atoms with Crippen molar-refractivity contribution in [3.63, 3.8) is 0 Å². The van der Waals surface area contributed by atoms with Gasteiger partial charge in [0.2, 0.25) is 0 Å². The zero-order valence-corrected chi connectivity index (χ0v) is 18.0. The molecule has 0 unspecified atom stereocenters. The molecule has 1 fully saturated rings. The highest BCUT2D eigenvalue weighted by Gasteiger charge is 2.29. The Labute approximate surface area is 171 Å². The maximum absolute atomic E-state index is 13.3. The van der Waals surface area contributed by atoms with Gasteiger partial charge in [-0.05, 0) is 46.1 Å². The first-order valence-electron chi connectivity index (χ1n) is 10.6. The highest BCUT2D eigenvalue weighted by molar-refractivity contribution is 6.06. The van der Waals surface area contributed by atoms with Gasteiger partial charge in [-0.25, -0.2) is 9.67 Å². The first kappa shape index (κ1) is 19.6. The quantitative estimate of drug-likeness (QED) is 0.658. The fourth-order valence-electron chi connectivity index (χ4n) is 3.90. The summed E-state index contributed by atoms with van der Waals surface area (Å²) in [6.07, 6.45) is 6.26. The Bertz CT molecular complexity index is 1060. The number of nitrogens with zero attached hydrogens (tertiary/aromatic N) is 5. The molecule has 3 aromatic rings. The molecule has 3 aromatic heterocycles. The third kappa shape index (κ3) is 3.66. The van der Waals surface area contributed by atoms with Crippen molar-refractivity contribution in [3.05, 3.63) is 40.5 Å². The van der Waals surface area contributed by atoms with E-state index >= 15 is 0 Å². The number of rotatable bonds is 7. The molecule has 1 N–H and O–H groups in total. The molecule has 1 saturated carbocycles. The van der Waals surface area contributed by atoms with Gasteiger partial charge in [0.25, 0.3) is 5.91 Å². The standard InChI is InChI=1S/C22H30N6O/c1-6-7-10-28-21-20(14(3)26-28)17(11-19(25-21)16-8-9-16)22(29)24-13(2)18-12-23-27(5)15(18)4/h11-13,16H,6-10H2,1-5H3,(H,24,29)/t13-/m0/s1. The summed E-state index contributed by atoms with van der Waals surface area (Å²) in [5.74, 6) is 0.395. The van der Waals surface area contributed by atoms with Crippen LogP contribution in [0.4, 0.5) is 0 Å². The minimum absolute atomic E-state index is 0.0757. The molecule has 4 rings (SSSR count). The molecule has 1 aliphatic carbocycles. The van der Waals surface area contributed by atoms with E-state index in [4.69, 9.17) is 10.1 Å². The minimum atomic E-state index is -0.126. The maximum Gasteiger partial charge on any atom is 0.252 e. The molecule has 0 bridgehead atoms. The predicted molar refractivity (Wildman–Crippen MR) is 113 cm³/mol. The molecule has 0 spiro atoms. The summed E-state index contributed by atoms with van der Waals surface area (Å²) >= 11 is 0. The van der Waals surface area contributed by atoms with Crippen molar-refractivity contribution in [1.82, 2.24) is 29.9 Å². The largest absolute Gasteiger partial charge is 0.345 e. The van der Waals surface area contributed by atoms with Crippen LogP contribution in [0.1, 0.15) is 84.5 Å². The minimum Gasteiger partial charge on any atom is -0.345 e. The van der Waals surface area contributed by atoms with Gasteiger partial charge in [0.05, 0.1) is 28.9 Å². The van der Waals surface area contributed by atoms with Crippen LogP contribution in [-0.4, -0.2) is 30.5 Å². The number of amides is 1. The first-order chi connectivity index (χ1) is 13.9. The second kappa shape index (κ2) is 7.61. The molecular formula is C22H30N6O. The SMILES string of the molecule is CCCCn1nc(C)c2c(C(=O)N[C@@H](C)c3cnn(C)c3C)cc(C3CC3)nc21. The molecule has 0 radical (unpaired) electrons. The summed E-state index contributed by atoms with van der Waals surface area (Å²) in [4.78, 5) is 18.2. The Morgan fingerprint density at radius 2 is 2.10 bits per heavy atom. The van der Waals surface area contributed by atoms with Crippen LogP contribution in [0.25, 0.3) is 11.0 Å². The molecule has 0 saturated heterocycles. The number of aryl methyl sites for hydroxylation is 3. The van der Waals surface area contributed by atoms with Crippen LogP contribution >= 0.6 is 0 Å². The molecule has 29 heavy (non-hydrogen) atoms. The van der Waals surface area contributed by atoms with Crippen LogP contribution < -0.4 is 5.32 Å². The van der Waals surface area contributed by atoms with E-state index in [0.29, 0.717) is 11.5 Å². The topological polar surface area (TPSA) is 77.6 Å². The lowest BCUT2D eigenvalue weighted by atomic mass is 10.1. The van der Waals surface area contributed by atoms with E-state index in [1.54, 1.807) is 0 Å². The van der Waals surface area contributed by atoms with E-state index in [9.17, 15) is 4.79 Å². The van der Waals surface area contributed by atoms with Crippen LogP contribution in [0.5, 0.6) is 0 Å². The van der Waals surface area contributed by atoms with Crippen molar-refractivity contribution in [3.8, 4) is 0 Å². The van der Waals surface area contributed by atoms with Crippen molar-refractivity contribution >= 4 is 16.9 Å². The van der Waals surface area contributed by atoms with E-state index in [2.05, 4.69) is 17.3 Å². The summed E-state index contributed by atoms with van der Waals surface area (Å²) in [6, 6.07) is 1.86. The van der Waals surface area contributed by atoms with Gasteiger partial charge in [-0.2, -0.15) is 10.2 Å². The summed E-state index contributed by atoms with van der Waals surface area (Å²) < 4.78 is 3.81. The van der Waals surface area contributed by atoms with E-state index in [-0.39, 0.29) is 11.9 Å². The van der Waals surface area contributed by atoms with Crippen LogP contribution in [0.2, 0.25) is 0 Å². The second-order valence-corrected chi connectivity index (χ2v) is 8.23. The molecule has 3 heterocycles. The lowest BCUT2D eigenvalue weighted by molar-refractivity contribution is 0.0941. The van der Waals surface area contributed by atoms with Gasteiger partial charge in [0.15, 0.2) is 5.65 Å². The molecule has 1 atom stereocenters. The third-order valence-electron chi connectivity index (χ3n) is 5.95. The van der Waals surface area contributed by atoms with Crippen molar-refractivity contribution in [1.29, 1.82) is 0 Å². The molecular weight excluding hydrogens is 364 g/mol. The van der Waals surface area contributed by atoms with Gasteiger partial charge in [-0.15, -0.1) is 0 Å². The van der Waals surface area contributed by atoms with Crippen molar-refractivity contribution in [2.24, 2.45) is 7.05 Å². The van der Waals surface area contributed by atoms with Gasteiger partial charge < -0.3 is 5.32 Å². The molecule has 0 aliphatic heterocycles. The monoisotopic (exact) mass is 394 g/mol. The third-order valence-corrected chi connectivity index (χ3v) is 5.95. The van der Waals surface area contributed by atoms with Crippen LogP contribution in [0.3, 0.4) is 0 Å². The predicted octanol–water partition coefficient (Wildman–Crippen LogP) is 3.95. The average molecular weight is 395 g/mol. The summed E-state index contributed by atoms with van der Waals surface area (Å²) in [5, 5.41) is 13.0. The molecule has 7 heteroatoms. The second-order valence-electron chi connectivity index (χ2n) is 8.23. The highest BCUT2D eigenvalue weighted by Crippen LogP contribution is 2.40. The smallest absolute Gasteiger partial charge is 0.252 e. The number of aromatic nitrogens is 5. The number of hydrogen-bond donors (Lipinski definition) is 1. The average Bonchev–Trinajstić information content (AvgIpc) is 3.43. The fraction of sp³-hybridized carbons (Fsp3) is 0.545. The van der Waals surface area contributed by atoms with Gasteiger partial charge >= 0.3 is 0 Å². The molecule has 0 aromatic carbocycles. The molecule has 154 valence electrons. The van der Waals surface area contributed by atoms with Crippen molar-refractivity contribution in [2.45, 2.75) is 71.9 Å². The Hall–Kier alpha value is -2.70. The highest BCUT2D eigenvalue weighted by atomic mass is 16.1. The first-order valence-corrected chi connectivity index (χ1v) is 10.6. The zero-order chi connectivity index (χ0) is 20.7. The molecule has 1 amide bonds. The van der Waals surface area contributed by atoms with E-state index in [1.807, 2.05) is 49.4 Å². The number of unbranched alkanes of at least 4 members (excludes halogenated alkanes) is 1. The van der Waals surface area contributed by atoms with E-state index in [0.717, 1.165) is 65.9 Å². The Balaban J connectivity index is 1.72. The van der Waals surface area contributed by atoms with Crippen LogP contribution in [-0.2, 0) is 13.6 Å². The molecule has 7 nitrogen and oxygen atoms in total. The van der Waals surface area contributed by atoms with Gasteiger partial charge in [-0.1, -0.05) is 13.3 Å². The molecule has 1 aliphatic rings. The zero-order valence-electron chi connectivity index (χ0n) is 18.0. The van der Waals surface area contributed by atoms with Crippen molar-refractivity contribution in [2.75, 3.05) is 0 Å². The Morgan fingerprint density at radius 3 is 2.72 bits per heavy atom. The Morgan fingerprint density at radius 1 is 1.34 bits per heavy atom. The van der Waals surface area contributed by atoms with Gasteiger partial charge in [-0.3, -0.25) is 9.48 Å². The van der Waals surface area contributed by atoms with E-state index < -0.39 is 0 Å². The summed E-state index contributed by atoms with van der Waals surface area (Å²) in [5.41, 5.74) is 5.50. The lowest BCUT2D eigenvalue weighted by Crippen LogP contribution is -2.27. The number of nitrogens with one attached hydrogen (secondary N) is 1. The Kier molecular flexibility index (Phi) is 5.15. The lowest BCUT2D eigenvalue weighted by Gasteiger charge is -2.15. The number of fused-ring (bicyclic) bond motifs is 1. The van der Waals surface area contributed by atoms with Crippen LogP contribution in [0.15, 0.2) is 12.3 Å². The number of carbonyl (C=O) groups excluding carboxylic acids is 1. The number of hydrogen-bond acceptors (Lipinski definition) is 4. The van der Waals surface area contributed by atoms with Gasteiger partial charge in [0.1, 0.15) is 0 Å². The fourth-order valence-corrected chi connectivity index (χ4v) is 3.90. The normalized spacial score (nSPS) is 15.1. The maximum atomic E-state index is 13.3. The van der Waals surface area contributed by atoms with Gasteiger partial charge in [0, 0.05) is 36.5 Å². The summed E-state index contributed by atoms with van der Waals surface area (Å²) in [6.45, 7) is 8.98. The van der Waals surface area contributed by atoms with Crippen molar-refractivity contribution < 1.29 is 4.79 Å². The summed E-state index contributed by atoms with van der Waals surface area (Å²) in [7, 11) is 1.91. The number of carbonyl (C=O) groups is 1. The van der Waals surface area contributed by atoms with E-state index in [1.165, 1.54) is 0 Å².